The van der Waals surface area contributed by atoms with Gasteiger partial charge in [0.1, 0.15) is 0 Å². The van der Waals surface area contributed by atoms with Crippen LogP contribution < -0.4 is 4.90 Å². The summed E-state index contributed by atoms with van der Waals surface area (Å²) in [6.45, 7) is 4.28. The van der Waals surface area contributed by atoms with Gasteiger partial charge in [0.25, 0.3) is 0 Å². The first kappa shape index (κ1) is 15.2. The van der Waals surface area contributed by atoms with Crippen molar-refractivity contribution < 1.29 is 9.59 Å². The summed E-state index contributed by atoms with van der Waals surface area (Å²) in [5.74, 6) is -0.209. The van der Waals surface area contributed by atoms with E-state index in [0.717, 1.165) is 29.7 Å². The maximum atomic E-state index is 12.0. The van der Waals surface area contributed by atoms with E-state index in [1.807, 2.05) is 30.5 Å². The minimum Gasteiger partial charge on any atom is -0.367 e. The Hall–Kier alpha value is -2.69. The molecule has 0 unspecified atom stereocenters. The first-order valence-electron chi connectivity index (χ1n) is 7.71. The molecular weight excluding hydrogens is 290 g/mol. The van der Waals surface area contributed by atoms with Gasteiger partial charge in [-0.25, -0.2) is 0 Å². The Morgan fingerprint density at radius 1 is 1.04 bits per heavy atom. The SMILES string of the molecule is CC(=O)C=CC(=O)N1CCN(c2ccnc3ccccc23)CC1. The van der Waals surface area contributed by atoms with Gasteiger partial charge in [-0.2, -0.15) is 0 Å². The number of aromatic nitrogens is 1. The highest BCUT2D eigenvalue weighted by atomic mass is 16.2. The van der Waals surface area contributed by atoms with Gasteiger partial charge in [0.05, 0.1) is 5.52 Å². The maximum Gasteiger partial charge on any atom is 0.246 e. The van der Waals surface area contributed by atoms with E-state index < -0.39 is 0 Å². The number of fused-ring (bicyclic) bond motifs is 1. The molecule has 1 amide bonds. The predicted octanol–water partition coefficient (Wildman–Crippen LogP) is 2.03. The molecule has 0 bridgehead atoms. The molecule has 1 saturated heterocycles. The first-order valence-corrected chi connectivity index (χ1v) is 7.71. The van der Waals surface area contributed by atoms with E-state index in [9.17, 15) is 9.59 Å². The van der Waals surface area contributed by atoms with Gasteiger partial charge in [0.2, 0.25) is 5.91 Å². The van der Waals surface area contributed by atoms with Gasteiger partial charge >= 0.3 is 0 Å². The Kier molecular flexibility index (Phi) is 4.37. The third kappa shape index (κ3) is 3.39. The highest BCUT2D eigenvalue weighted by Gasteiger charge is 2.21. The third-order valence-electron chi connectivity index (χ3n) is 4.02. The molecule has 0 N–H and O–H groups in total. The average molecular weight is 309 g/mol. The second kappa shape index (κ2) is 6.60. The number of hydrogen-bond acceptors (Lipinski definition) is 4. The highest BCUT2D eigenvalue weighted by Crippen LogP contribution is 2.25. The van der Waals surface area contributed by atoms with Crippen LogP contribution in [0.15, 0.2) is 48.7 Å². The number of anilines is 1. The molecule has 1 aromatic heterocycles. The quantitative estimate of drug-likeness (QED) is 0.814. The van der Waals surface area contributed by atoms with Crippen molar-refractivity contribution in [3.05, 3.63) is 48.7 Å². The molecule has 0 spiro atoms. The van der Waals surface area contributed by atoms with Crippen LogP contribution in [0.1, 0.15) is 6.92 Å². The lowest BCUT2D eigenvalue weighted by molar-refractivity contribution is -0.126. The largest absolute Gasteiger partial charge is 0.367 e. The van der Waals surface area contributed by atoms with Crippen LogP contribution >= 0.6 is 0 Å². The van der Waals surface area contributed by atoms with Crippen molar-refractivity contribution in [2.24, 2.45) is 0 Å². The van der Waals surface area contributed by atoms with E-state index in [0.29, 0.717) is 13.1 Å². The molecular formula is C18H19N3O2. The van der Waals surface area contributed by atoms with E-state index in [-0.39, 0.29) is 11.7 Å². The van der Waals surface area contributed by atoms with Gasteiger partial charge in [-0.05, 0) is 25.1 Å². The van der Waals surface area contributed by atoms with Crippen molar-refractivity contribution in [1.82, 2.24) is 9.88 Å². The number of amides is 1. The summed E-state index contributed by atoms with van der Waals surface area (Å²) in [7, 11) is 0. The second-order valence-corrected chi connectivity index (χ2v) is 5.60. The molecule has 23 heavy (non-hydrogen) atoms. The van der Waals surface area contributed by atoms with Crippen LogP contribution in [0.25, 0.3) is 10.9 Å². The molecule has 2 heterocycles. The molecule has 0 radical (unpaired) electrons. The lowest BCUT2D eigenvalue weighted by Crippen LogP contribution is -2.48. The lowest BCUT2D eigenvalue weighted by Gasteiger charge is -2.36. The second-order valence-electron chi connectivity index (χ2n) is 5.60. The standard InChI is InChI=1S/C18H19N3O2/c1-14(22)6-7-18(23)21-12-10-20(11-13-21)17-8-9-19-16-5-3-2-4-15(16)17/h2-9H,10-13H2,1H3. The molecule has 5 heteroatoms. The van der Waals surface area contributed by atoms with Gasteiger partial charge in [0.15, 0.2) is 5.78 Å². The summed E-state index contributed by atoms with van der Waals surface area (Å²) < 4.78 is 0. The number of carbonyl (C=O) groups excluding carboxylic acids is 2. The molecule has 5 nitrogen and oxygen atoms in total. The van der Waals surface area contributed by atoms with Crippen molar-refractivity contribution in [1.29, 1.82) is 0 Å². The zero-order valence-corrected chi connectivity index (χ0v) is 13.1. The maximum absolute atomic E-state index is 12.0. The molecule has 0 aliphatic carbocycles. The number of ketones is 1. The lowest BCUT2D eigenvalue weighted by atomic mass is 10.1. The van der Waals surface area contributed by atoms with Crippen LogP contribution in [-0.2, 0) is 9.59 Å². The number of pyridine rings is 1. The number of piperazine rings is 1. The van der Waals surface area contributed by atoms with Crippen molar-refractivity contribution in [3.8, 4) is 0 Å². The van der Waals surface area contributed by atoms with Crippen LogP contribution in [0.2, 0.25) is 0 Å². The minimum absolute atomic E-state index is 0.0977. The smallest absolute Gasteiger partial charge is 0.246 e. The normalized spacial score (nSPS) is 15.3. The number of allylic oxidation sites excluding steroid dienone is 1. The molecule has 1 fully saturated rings. The number of nitrogens with zero attached hydrogens (tertiary/aromatic N) is 3. The summed E-state index contributed by atoms with van der Waals surface area (Å²) in [6, 6.07) is 10.1. The molecule has 1 aliphatic heterocycles. The van der Waals surface area contributed by atoms with Gasteiger partial charge in [-0.3, -0.25) is 14.6 Å². The summed E-state index contributed by atoms with van der Waals surface area (Å²) in [4.78, 5) is 31.4. The van der Waals surface area contributed by atoms with Crippen molar-refractivity contribution in [3.63, 3.8) is 0 Å². The van der Waals surface area contributed by atoms with Crippen molar-refractivity contribution in [2.45, 2.75) is 6.92 Å². The summed E-state index contributed by atoms with van der Waals surface area (Å²) in [6.07, 6.45) is 4.51. The van der Waals surface area contributed by atoms with E-state index in [1.54, 1.807) is 4.90 Å². The van der Waals surface area contributed by atoms with E-state index in [2.05, 4.69) is 16.0 Å². The Bertz CT molecular complexity index is 756. The molecule has 0 atom stereocenters. The molecule has 1 aliphatic rings. The third-order valence-corrected chi connectivity index (χ3v) is 4.02. The number of carbonyl (C=O) groups is 2. The first-order chi connectivity index (χ1) is 11.1. The number of hydrogen-bond donors (Lipinski definition) is 0. The fourth-order valence-electron chi connectivity index (χ4n) is 2.82. The van der Waals surface area contributed by atoms with Gasteiger partial charge in [0, 0.05) is 49.5 Å². The molecule has 3 rings (SSSR count). The Morgan fingerprint density at radius 2 is 1.78 bits per heavy atom. The fourth-order valence-corrected chi connectivity index (χ4v) is 2.82. The molecule has 118 valence electrons. The van der Waals surface area contributed by atoms with Crippen LogP contribution in [0.5, 0.6) is 0 Å². The van der Waals surface area contributed by atoms with E-state index in [1.165, 1.54) is 19.1 Å². The fraction of sp³-hybridized carbons (Fsp3) is 0.278. The van der Waals surface area contributed by atoms with Gasteiger partial charge in [-0.15, -0.1) is 0 Å². The highest BCUT2D eigenvalue weighted by molar-refractivity contribution is 5.97. The number of rotatable bonds is 3. The van der Waals surface area contributed by atoms with Gasteiger partial charge in [-0.1, -0.05) is 18.2 Å². The Morgan fingerprint density at radius 3 is 2.52 bits per heavy atom. The number of benzene rings is 1. The predicted molar refractivity (Wildman–Crippen MR) is 90.4 cm³/mol. The van der Waals surface area contributed by atoms with Crippen molar-refractivity contribution >= 4 is 28.3 Å². The van der Waals surface area contributed by atoms with Crippen molar-refractivity contribution in [2.75, 3.05) is 31.1 Å². The van der Waals surface area contributed by atoms with Gasteiger partial charge < -0.3 is 9.80 Å². The summed E-state index contributed by atoms with van der Waals surface area (Å²) in [5, 5.41) is 1.13. The Labute approximate surface area is 135 Å². The zero-order chi connectivity index (χ0) is 16.2. The topological polar surface area (TPSA) is 53.5 Å². The van der Waals surface area contributed by atoms with E-state index >= 15 is 0 Å². The average Bonchev–Trinajstić information content (AvgIpc) is 2.59. The van der Waals surface area contributed by atoms with E-state index in [4.69, 9.17) is 0 Å². The minimum atomic E-state index is -0.111. The molecule has 0 saturated carbocycles. The molecule has 2 aromatic rings. The number of para-hydroxylation sites is 1. The summed E-state index contributed by atoms with van der Waals surface area (Å²) in [5.41, 5.74) is 2.13. The zero-order valence-electron chi connectivity index (χ0n) is 13.1. The van der Waals surface area contributed by atoms with Crippen LogP contribution in [0.3, 0.4) is 0 Å². The van der Waals surface area contributed by atoms with Crippen LogP contribution in [-0.4, -0.2) is 47.8 Å². The monoisotopic (exact) mass is 309 g/mol. The Balaban J connectivity index is 1.71. The summed E-state index contributed by atoms with van der Waals surface area (Å²) >= 11 is 0. The van der Waals surface area contributed by atoms with Crippen LogP contribution in [0, 0.1) is 0 Å². The molecule has 1 aromatic carbocycles. The van der Waals surface area contributed by atoms with Crippen LogP contribution in [0.4, 0.5) is 5.69 Å².